The van der Waals surface area contributed by atoms with Crippen molar-refractivity contribution >= 4 is 11.9 Å². The van der Waals surface area contributed by atoms with E-state index in [4.69, 9.17) is 4.74 Å². The first-order chi connectivity index (χ1) is 24.0. The second-order valence-corrected chi connectivity index (χ2v) is 14.0. The summed E-state index contributed by atoms with van der Waals surface area (Å²) in [5, 5.41) is 22.8. The third-order valence-corrected chi connectivity index (χ3v) is 9.13. The molecule has 0 saturated heterocycles. The van der Waals surface area contributed by atoms with Crippen LogP contribution in [0, 0.1) is 0 Å². The summed E-state index contributed by atoms with van der Waals surface area (Å²) in [5.41, 5.74) is 0. The van der Waals surface area contributed by atoms with E-state index in [1.54, 1.807) is 6.08 Å². The highest BCUT2D eigenvalue weighted by Gasteiger charge is 2.17. The van der Waals surface area contributed by atoms with Gasteiger partial charge in [0, 0.05) is 12.8 Å². The molecule has 0 aliphatic heterocycles. The van der Waals surface area contributed by atoms with Gasteiger partial charge in [0.15, 0.2) is 0 Å². The van der Waals surface area contributed by atoms with Crippen LogP contribution in [0.4, 0.5) is 0 Å². The maximum absolute atomic E-state index is 12.3. The van der Waals surface area contributed by atoms with E-state index in [-0.39, 0.29) is 18.5 Å². The first kappa shape index (κ1) is 47.1. The normalized spacial score (nSPS) is 13.1. The lowest BCUT2D eigenvalue weighted by molar-refractivity contribution is -0.143. The minimum Gasteiger partial charge on any atom is -0.466 e. The molecule has 0 aliphatic carbocycles. The van der Waals surface area contributed by atoms with E-state index in [1.807, 2.05) is 6.08 Å². The summed E-state index contributed by atoms with van der Waals surface area (Å²) in [6.07, 6.45) is 44.1. The molecule has 3 N–H and O–H groups in total. The van der Waals surface area contributed by atoms with Crippen molar-refractivity contribution in [2.45, 2.75) is 212 Å². The number of esters is 1. The van der Waals surface area contributed by atoms with Crippen molar-refractivity contribution in [2.24, 2.45) is 0 Å². The molecule has 0 fully saturated rings. The Morgan fingerprint density at radius 1 is 0.551 bits per heavy atom. The van der Waals surface area contributed by atoms with Gasteiger partial charge in [-0.3, -0.25) is 9.59 Å². The quantitative estimate of drug-likeness (QED) is 0.0343. The van der Waals surface area contributed by atoms with Crippen LogP contribution in [0.2, 0.25) is 0 Å². The number of allylic oxidation sites excluding steroid dienone is 5. The lowest BCUT2D eigenvalue weighted by Crippen LogP contribution is -2.45. The van der Waals surface area contributed by atoms with E-state index >= 15 is 0 Å². The molecule has 0 aliphatic rings. The Morgan fingerprint density at radius 3 is 1.49 bits per heavy atom. The zero-order valence-corrected chi connectivity index (χ0v) is 32.2. The van der Waals surface area contributed by atoms with Gasteiger partial charge in [0.25, 0.3) is 0 Å². The van der Waals surface area contributed by atoms with Gasteiger partial charge < -0.3 is 20.3 Å². The lowest BCUT2D eigenvalue weighted by Gasteiger charge is -2.20. The van der Waals surface area contributed by atoms with E-state index in [1.165, 1.54) is 96.3 Å². The van der Waals surface area contributed by atoms with Crippen molar-refractivity contribution in [3.63, 3.8) is 0 Å². The lowest BCUT2D eigenvalue weighted by atomic mass is 10.1. The Hall–Kier alpha value is -1.92. The highest BCUT2D eigenvalue weighted by atomic mass is 16.5. The Balaban J connectivity index is 3.60. The molecule has 0 bridgehead atoms. The number of amides is 1. The van der Waals surface area contributed by atoms with Gasteiger partial charge in [-0.25, -0.2) is 0 Å². The van der Waals surface area contributed by atoms with Gasteiger partial charge in [-0.2, -0.15) is 0 Å². The highest BCUT2D eigenvalue weighted by Crippen LogP contribution is 2.12. The fourth-order valence-corrected chi connectivity index (χ4v) is 5.85. The number of carbonyl (C=O) groups is 2. The van der Waals surface area contributed by atoms with E-state index in [0.29, 0.717) is 19.4 Å². The Kier molecular flexibility index (Phi) is 37.4. The summed E-state index contributed by atoms with van der Waals surface area (Å²) in [6, 6.07) is -0.651. The minimum atomic E-state index is -0.864. The molecule has 0 rings (SSSR count). The highest BCUT2D eigenvalue weighted by molar-refractivity contribution is 5.76. The molecule has 1 amide bonds. The molecule has 0 spiro atoms. The summed E-state index contributed by atoms with van der Waals surface area (Å²) in [6.45, 7) is 4.73. The van der Waals surface area contributed by atoms with Crippen LogP contribution in [0.5, 0.6) is 0 Å². The molecule has 6 nitrogen and oxygen atoms in total. The van der Waals surface area contributed by atoms with Gasteiger partial charge in [-0.1, -0.05) is 140 Å². The van der Waals surface area contributed by atoms with Crippen molar-refractivity contribution < 1.29 is 24.5 Å². The van der Waals surface area contributed by atoms with Crippen LogP contribution in [-0.4, -0.2) is 47.4 Å². The molecular formula is C43H79NO5. The third kappa shape index (κ3) is 35.7. The maximum Gasteiger partial charge on any atom is 0.305 e. The number of rotatable bonds is 37. The average molecular weight is 690 g/mol. The fraction of sp³-hybridized carbons (Fsp3) is 0.814. The second kappa shape index (κ2) is 38.9. The Morgan fingerprint density at radius 2 is 0.959 bits per heavy atom. The smallest absolute Gasteiger partial charge is 0.305 e. The first-order valence-electron chi connectivity index (χ1n) is 20.8. The van der Waals surface area contributed by atoms with E-state index in [2.05, 4.69) is 43.5 Å². The molecule has 6 heteroatoms. The average Bonchev–Trinajstić information content (AvgIpc) is 3.10. The van der Waals surface area contributed by atoms with Crippen molar-refractivity contribution in [3.8, 4) is 0 Å². The Bertz CT molecular complexity index is 808. The molecule has 0 aromatic carbocycles. The molecule has 286 valence electrons. The molecule has 0 radical (unpaired) electrons. The van der Waals surface area contributed by atoms with Crippen molar-refractivity contribution in [2.75, 3.05) is 13.2 Å². The molecule has 0 heterocycles. The standard InChI is InChI=1S/C43H79NO5/c1-3-5-7-9-11-13-15-16-21-25-29-33-37-43(48)49-38-34-30-26-22-18-17-20-24-28-32-36-42(47)44-40(39-45)41(46)35-31-27-23-19-14-12-10-8-6-4-2/h11,13,18,22,31,35,40-41,45-46H,3-10,12,14-17,19-21,23-30,32-34,36-39H2,1-2H3,(H,44,47)/b13-11-,22-18-,35-31+. The molecule has 49 heavy (non-hydrogen) atoms. The number of unbranched alkanes of at least 4 members (excludes halogenated alkanes) is 22. The summed E-state index contributed by atoms with van der Waals surface area (Å²) in [4.78, 5) is 24.3. The summed E-state index contributed by atoms with van der Waals surface area (Å²) < 4.78 is 5.39. The van der Waals surface area contributed by atoms with Crippen molar-refractivity contribution in [1.29, 1.82) is 0 Å². The summed E-state index contributed by atoms with van der Waals surface area (Å²) >= 11 is 0. The molecule has 0 aromatic heterocycles. The van der Waals surface area contributed by atoms with Crippen molar-refractivity contribution in [3.05, 3.63) is 36.5 Å². The van der Waals surface area contributed by atoms with Gasteiger partial charge >= 0.3 is 5.97 Å². The van der Waals surface area contributed by atoms with Crippen LogP contribution in [-0.2, 0) is 14.3 Å². The number of carbonyl (C=O) groups excluding carboxylic acids is 2. The first-order valence-corrected chi connectivity index (χ1v) is 20.8. The number of hydrogen-bond acceptors (Lipinski definition) is 5. The molecule has 0 aromatic rings. The van der Waals surface area contributed by atoms with Crippen LogP contribution < -0.4 is 5.32 Å². The fourth-order valence-electron chi connectivity index (χ4n) is 5.85. The summed E-state index contributed by atoms with van der Waals surface area (Å²) in [5.74, 6) is -0.159. The maximum atomic E-state index is 12.3. The summed E-state index contributed by atoms with van der Waals surface area (Å²) in [7, 11) is 0. The van der Waals surface area contributed by atoms with Crippen molar-refractivity contribution in [1.82, 2.24) is 5.32 Å². The van der Waals surface area contributed by atoms with Crippen LogP contribution >= 0.6 is 0 Å². The van der Waals surface area contributed by atoms with Gasteiger partial charge in [0.2, 0.25) is 5.91 Å². The number of hydrogen-bond donors (Lipinski definition) is 3. The monoisotopic (exact) mass is 690 g/mol. The number of nitrogens with one attached hydrogen (secondary N) is 1. The predicted molar refractivity (Wildman–Crippen MR) is 209 cm³/mol. The van der Waals surface area contributed by atoms with E-state index in [0.717, 1.165) is 77.0 Å². The van der Waals surface area contributed by atoms with Crippen LogP contribution in [0.1, 0.15) is 200 Å². The Labute approximate surface area is 303 Å². The molecule has 0 saturated carbocycles. The molecular weight excluding hydrogens is 610 g/mol. The second-order valence-electron chi connectivity index (χ2n) is 14.0. The van der Waals surface area contributed by atoms with Gasteiger partial charge in [-0.05, 0) is 83.5 Å². The number of aliphatic hydroxyl groups excluding tert-OH is 2. The topological polar surface area (TPSA) is 95.9 Å². The van der Waals surface area contributed by atoms with E-state index in [9.17, 15) is 19.8 Å². The van der Waals surface area contributed by atoms with Crippen LogP contribution in [0.25, 0.3) is 0 Å². The van der Waals surface area contributed by atoms with Crippen LogP contribution in [0.15, 0.2) is 36.5 Å². The molecule has 2 unspecified atom stereocenters. The third-order valence-electron chi connectivity index (χ3n) is 9.13. The number of ether oxygens (including phenoxy) is 1. The predicted octanol–water partition coefficient (Wildman–Crippen LogP) is 11.4. The van der Waals surface area contributed by atoms with E-state index < -0.39 is 12.1 Å². The number of aliphatic hydroxyl groups is 2. The zero-order chi connectivity index (χ0) is 35.9. The zero-order valence-electron chi connectivity index (χ0n) is 32.2. The van der Waals surface area contributed by atoms with Gasteiger partial charge in [-0.15, -0.1) is 0 Å². The largest absolute Gasteiger partial charge is 0.466 e. The minimum absolute atomic E-state index is 0.0504. The van der Waals surface area contributed by atoms with Gasteiger partial charge in [0.1, 0.15) is 0 Å². The molecule has 2 atom stereocenters. The SMILES string of the molecule is CCCCC/C=C\CCCCCCCC(=O)OCCCC/C=C\CCCCCCC(=O)NC(CO)C(O)/C=C/CCCCCCCCCC. The van der Waals surface area contributed by atoms with Crippen LogP contribution in [0.3, 0.4) is 0 Å². The van der Waals surface area contributed by atoms with Gasteiger partial charge in [0.05, 0.1) is 25.4 Å².